The fourth-order valence-corrected chi connectivity index (χ4v) is 1.45. The highest BCUT2D eigenvalue weighted by Gasteiger charge is 2.33. The minimum absolute atomic E-state index is 0.101. The van der Waals surface area contributed by atoms with Crippen LogP contribution >= 0.6 is 0 Å². The van der Waals surface area contributed by atoms with Gasteiger partial charge in [0.05, 0.1) is 0 Å². The Labute approximate surface area is 73.4 Å². The van der Waals surface area contributed by atoms with E-state index in [0.29, 0.717) is 18.9 Å². The molecule has 1 aliphatic rings. The second kappa shape index (κ2) is 3.44. The Bertz CT molecular complexity index is 179. The maximum absolute atomic E-state index is 11.3. The van der Waals surface area contributed by atoms with Crippen molar-refractivity contribution < 1.29 is 9.90 Å². The van der Waals surface area contributed by atoms with Crippen LogP contribution in [0.1, 0.15) is 27.2 Å². The number of hydrogen-bond donors (Lipinski definition) is 1. The van der Waals surface area contributed by atoms with E-state index in [2.05, 4.69) is 13.8 Å². The zero-order chi connectivity index (χ0) is 9.30. The summed E-state index contributed by atoms with van der Waals surface area (Å²) in [6.45, 7) is 6.91. The highest BCUT2D eigenvalue weighted by molar-refractivity contribution is 5.82. The standard InChI is InChI=1S/C9H17NO2/c1-6(2)7(3)10-5-4-8(11)9(10)12/h6-8,11H,4-5H2,1-3H3/t7-,8+/m1/s1. The molecule has 3 nitrogen and oxygen atoms in total. The monoisotopic (exact) mass is 171 g/mol. The van der Waals surface area contributed by atoms with Crippen molar-refractivity contribution >= 4 is 5.91 Å². The Hall–Kier alpha value is -0.570. The molecule has 1 amide bonds. The second-order valence-electron chi connectivity index (χ2n) is 3.82. The Kier molecular flexibility index (Phi) is 2.73. The maximum Gasteiger partial charge on any atom is 0.251 e. The van der Waals surface area contributed by atoms with Crippen LogP contribution in [0.3, 0.4) is 0 Å². The number of amides is 1. The lowest BCUT2D eigenvalue weighted by Crippen LogP contribution is -2.39. The molecule has 1 N–H and O–H groups in total. The largest absolute Gasteiger partial charge is 0.383 e. The van der Waals surface area contributed by atoms with Gasteiger partial charge in [0.25, 0.3) is 5.91 Å². The molecule has 0 aromatic carbocycles. The molecule has 2 atom stereocenters. The normalized spacial score (nSPS) is 26.9. The number of carbonyl (C=O) groups is 1. The molecular formula is C9H17NO2. The van der Waals surface area contributed by atoms with Gasteiger partial charge in [-0.25, -0.2) is 0 Å². The van der Waals surface area contributed by atoms with Crippen molar-refractivity contribution in [1.29, 1.82) is 0 Å². The Balaban J connectivity index is 2.59. The summed E-state index contributed by atoms with van der Waals surface area (Å²) in [4.78, 5) is 13.1. The third-order valence-electron chi connectivity index (χ3n) is 2.67. The molecule has 12 heavy (non-hydrogen) atoms. The summed E-state index contributed by atoms with van der Waals surface area (Å²) in [5, 5.41) is 9.21. The van der Waals surface area contributed by atoms with Gasteiger partial charge in [0.1, 0.15) is 6.10 Å². The second-order valence-corrected chi connectivity index (χ2v) is 3.82. The van der Waals surface area contributed by atoms with Crippen molar-refractivity contribution in [3.63, 3.8) is 0 Å². The molecule has 1 heterocycles. The summed E-state index contributed by atoms with van der Waals surface area (Å²) in [5.41, 5.74) is 0. The van der Waals surface area contributed by atoms with Crippen LogP contribution in [0, 0.1) is 5.92 Å². The maximum atomic E-state index is 11.3. The average Bonchev–Trinajstić information content (AvgIpc) is 2.32. The Morgan fingerprint density at radius 2 is 2.08 bits per heavy atom. The van der Waals surface area contributed by atoms with E-state index in [-0.39, 0.29) is 11.9 Å². The van der Waals surface area contributed by atoms with Crippen LogP contribution in [0.2, 0.25) is 0 Å². The van der Waals surface area contributed by atoms with Gasteiger partial charge in [0.15, 0.2) is 0 Å². The first kappa shape index (κ1) is 9.52. The third-order valence-corrected chi connectivity index (χ3v) is 2.67. The molecule has 0 saturated carbocycles. The minimum Gasteiger partial charge on any atom is -0.383 e. The van der Waals surface area contributed by atoms with E-state index in [9.17, 15) is 9.90 Å². The predicted octanol–water partition coefficient (Wildman–Crippen LogP) is 0.624. The molecule has 0 radical (unpaired) electrons. The van der Waals surface area contributed by atoms with Crippen LogP contribution in [0.4, 0.5) is 0 Å². The van der Waals surface area contributed by atoms with Crippen molar-refractivity contribution in [1.82, 2.24) is 4.90 Å². The molecule has 0 aliphatic carbocycles. The van der Waals surface area contributed by atoms with Gasteiger partial charge < -0.3 is 10.0 Å². The Morgan fingerprint density at radius 1 is 1.50 bits per heavy atom. The number of carbonyl (C=O) groups excluding carboxylic acids is 1. The first-order valence-electron chi connectivity index (χ1n) is 4.52. The SMILES string of the molecule is CC(C)[C@@H](C)N1CC[C@H](O)C1=O. The molecule has 1 fully saturated rings. The summed E-state index contributed by atoms with van der Waals surface area (Å²) in [5.74, 6) is 0.357. The van der Waals surface area contributed by atoms with Gasteiger partial charge in [-0.05, 0) is 19.3 Å². The first-order chi connectivity index (χ1) is 5.54. The van der Waals surface area contributed by atoms with E-state index >= 15 is 0 Å². The van der Waals surface area contributed by atoms with Gasteiger partial charge >= 0.3 is 0 Å². The summed E-state index contributed by atoms with van der Waals surface area (Å²) in [6, 6.07) is 0.245. The minimum atomic E-state index is -0.744. The fourth-order valence-electron chi connectivity index (χ4n) is 1.45. The van der Waals surface area contributed by atoms with Crippen molar-refractivity contribution in [2.24, 2.45) is 5.92 Å². The molecule has 0 unspecified atom stereocenters. The number of aliphatic hydroxyl groups is 1. The first-order valence-corrected chi connectivity index (χ1v) is 4.52. The van der Waals surface area contributed by atoms with Crippen LogP contribution in [0.25, 0.3) is 0 Å². The van der Waals surface area contributed by atoms with Crippen molar-refractivity contribution in [2.75, 3.05) is 6.54 Å². The molecule has 1 saturated heterocycles. The van der Waals surface area contributed by atoms with E-state index in [1.165, 1.54) is 0 Å². The molecule has 0 aromatic heterocycles. The van der Waals surface area contributed by atoms with Gasteiger partial charge in [-0.1, -0.05) is 13.8 Å². The predicted molar refractivity (Wildman–Crippen MR) is 46.6 cm³/mol. The number of aliphatic hydroxyl groups excluding tert-OH is 1. The lowest BCUT2D eigenvalue weighted by molar-refractivity contribution is -0.136. The van der Waals surface area contributed by atoms with Crippen LogP contribution in [0.5, 0.6) is 0 Å². The zero-order valence-corrected chi connectivity index (χ0v) is 7.95. The topological polar surface area (TPSA) is 40.5 Å². The summed E-state index contributed by atoms with van der Waals surface area (Å²) in [7, 11) is 0. The van der Waals surface area contributed by atoms with Gasteiger partial charge in [-0.3, -0.25) is 4.79 Å². The highest BCUT2D eigenvalue weighted by atomic mass is 16.3. The van der Waals surface area contributed by atoms with Gasteiger partial charge in [0, 0.05) is 12.6 Å². The number of likely N-dealkylation sites (tertiary alicyclic amines) is 1. The quantitative estimate of drug-likeness (QED) is 0.661. The molecule has 1 rings (SSSR count). The van der Waals surface area contributed by atoms with Crippen LogP contribution in [-0.2, 0) is 4.79 Å². The molecule has 0 spiro atoms. The summed E-state index contributed by atoms with van der Waals surface area (Å²) >= 11 is 0. The van der Waals surface area contributed by atoms with E-state index in [0.717, 1.165) is 0 Å². The van der Waals surface area contributed by atoms with E-state index in [1.807, 2.05) is 6.92 Å². The van der Waals surface area contributed by atoms with Crippen LogP contribution < -0.4 is 0 Å². The van der Waals surface area contributed by atoms with Crippen molar-refractivity contribution in [2.45, 2.75) is 39.3 Å². The summed E-state index contributed by atoms with van der Waals surface area (Å²) in [6.07, 6.45) is -0.151. The van der Waals surface area contributed by atoms with Crippen LogP contribution in [-0.4, -0.2) is 34.6 Å². The Morgan fingerprint density at radius 3 is 2.42 bits per heavy atom. The van der Waals surface area contributed by atoms with Crippen molar-refractivity contribution in [3.8, 4) is 0 Å². The van der Waals surface area contributed by atoms with Gasteiger partial charge in [-0.15, -0.1) is 0 Å². The number of rotatable bonds is 2. The molecule has 1 aliphatic heterocycles. The molecule has 70 valence electrons. The average molecular weight is 171 g/mol. The van der Waals surface area contributed by atoms with Gasteiger partial charge in [0.2, 0.25) is 0 Å². The van der Waals surface area contributed by atoms with Gasteiger partial charge in [-0.2, -0.15) is 0 Å². The van der Waals surface area contributed by atoms with Crippen molar-refractivity contribution in [3.05, 3.63) is 0 Å². The number of hydrogen-bond acceptors (Lipinski definition) is 2. The molecular weight excluding hydrogens is 154 g/mol. The van der Waals surface area contributed by atoms with E-state index in [4.69, 9.17) is 0 Å². The van der Waals surface area contributed by atoms with Crippen LogP contribution in [0.15, 0.2) is 0 Å². The number of nitrogens with zero attached hydrogens (tertiary/aromatic N) is 1. The highest BCUT2D eigenvalue weighted by Crippen LogP contribution is 2.18. The molecule has 0 aromatic rings. The van der Waals surface area contributed by atoms with E-state index in [1.54, 1.807) is 4.90 Å². The lowest BCUT2D eigenvalue weighted by Gasteiger charge is -2.27. The molecule has 0 bridgehead atoms. The van der Waals surface area contributed by atoms with E-state index < -0.39 is 6.10 Å². The smallest absolute Gasteiger partial charge is 0.251 e. The lowest BCUT2D eigenvalue weighted by atomic mass is 10.1. The summed E-state index contributed by atoms with van der Waals surface area (Å²) < 4.78 is 0. The molecule has 3 heteroatoms. The zero-order valence-electron chi connectivity index (χ0n) is 7.95. The third kappa shape index (κ3) is 1.61. The fraction of sp³-hybridized carbons (Fsp3) is 0.889.